The SMILES string of the molecule is C[C@H]1CCC/C=C/[C@]2(N)CC(SC(=O)OCc3cccnc3)C[C@H]2[C@H](O)/C=C/C(=O)O1. The van der Waals surface area contributed by atoms with Gasteiger partial charge in [0, 0.05) is 40.7 Å². The fourth-order valence-corrected chi connectivity index (χ4v) is 5.17. The first-order valence-corrected chi connectivity index (χ1v) is 11.5. The number of esters is 1. The minimum atomic E-state index is -0.921. The molecule has 0 saturated heterocycles. The molecule has 0 aromatic carbocycles. The predicted molar refractivity (Wildman–Crippen MR) is 119 cm³/mol. The maximum absolute atomic E-state index is 12.3. The third-order valence-electron chi connectivity index (χ3n) is 5.70. The summed E-state index contributed by atoms with van der Waals surface area (Å²) >= 11 is 1.11. The number of nitrogens with zero attached hydrogens (tertiary/aromatic N) is 1. The average molecular weight is 447 g/mol. The summed E-state index contributed by atoms with van der Waals surface area (Å²) in [6.07, 6.45) is 12.4. The van der Waals surface area contributed by atoms with E-state index in [4.69, 9.17) is 15.2 Å². The minimum Gasteiger partial charge on any atom is -0.460 e. The second-order valence-electron chi connectivity index (χ2n) is 8.23. The summed E-state index contributed by atoms with van der Waals surface area (Å²) in [6.45, 7) is 2.02. The average Bonchev–Trinajstić information content (AvgIpc) is 3.06. The van der Waals surface area contributed by atoms with Gasteiger partial charge in [-0.3, -0.25) is 4.98 Å². The van der Waals surface area contributed by atoms with E-state index in [1.54, 1.807) is 18.5 Å². The molecular weight excluding hydrogens is 416 g/mol. The molecule has 31 heavy (non-hydrogen) atoms. The van der Waals surface area contributed by atoms with E-state index in [9.17, 15) is 14.7 Å². The molecule has 2 aliphatic rings. The molecule has 8 heteroatoms. The number of hydrogen-bond acceptors (Lipinski definition) is 8. The Morgan fingerprint density at radius 3 is 3.10 bits per heavy atom. The van der Waals surface area contributed by atoms with E-state index in [2.05, 4.69) is 4.98 Å². The third-order valence-corrected chi connectivity index (χ3v) is 6.70. The van der Waals surface area contributed by atoms with Crippen LogP contribution in [0.15, 0.2) is 48.8 Å². The zero-order valence-electron chi connectivity index (χ0n) is 17.7. The maximum Gasteiger partial charge on any atom is 0.367 e. The van der Waals surface area contributed by atoms with Crippen LogP contribution >= 0.6 is 11.8 Å². The summed E-state index contributed by atoms with van der Waals surface area (Å²) in [4.78, 5) is 28.3. The number of carbonyl (C=O) groups excluding carboxylic acids is 2. The number of thioether (sulfide) groups is 1. The van der Waals surface area contributed by atoms with Crippen LogP contribution in [0.1, 0.15) is 44.6 Å². The number of aliphatic hydroxyl groups excluding tert-OH is 1. The van der Waals surface area contributed by atoms with E-state index in [1.165, 1.54) is 12.2 Å². The van der Waals surface area contributed by atoms with E-state index in [0.717, 1.165) is 36.6 Å². The number of hydrogen-bond donors (Lipinski definition) is 2. The van der Waals surface area contributed by atoms with Crippen LogP contribution in [-0.2, 0) is 20.9 Å². The van der Waals surface area contributed by atoms with Crippen molar-refractivity contribution in [2.75, 3.05) is 0 Å². The highest BCUT2D eigenvalue weighted by atomic mass is 32.2. The number of fused-ring (bicyclic) bond motifs is 1. The number of allylic oxidation sites excluding steroid dienone is 1. The lowest BCUT2D eigenvalue weighted by Crippen LogP contribution is -2.46. The van der Waals surface area contributed by atoms with Crippen LogP contribution in [0, 0.1) is 5.92 Å². The Morgan fingerprint density at radius 1 is 1.48 bits per heavy atom. The van der Waals surface area contributed by atoms with Crippen molar-refractivity contribution in [3.8, 4) is 0 Å². The first-order chi connectivity index (χ1) is 14.9. The van der Waals surface area contributed by atoms with Crippen molar-refractivity contribution in [2.24, 2.45) is 11.7 Å². The monoisotopic (exact) mass is 446 g/mol. The number of nitrogens with two attached hydrogens (primary N) is 1. The topological polar surface area (TPSA) is 112 Å². The Kier molecular flexibility index (Phi) is 8.28. The molecular formula is C23H30N2O5S. The number of pyridine rings is 1. The maximum atomic E-state index is 12.3. The molecule has 2 heterocycles. The van der Waals surface area contributed by atoms with E-state index >= 15 is 0 Å². The standard InChI is InChI=1S/C23H30N2O5S/c1-16-6-3-2-4-10-23(24)13-18(12-19(23)20(26)8-9-21(27)30-16)31-22(28)29-15-17-7-5-11-25-14-17/h4-5,7-11,14,16,18-20,26H,2-3,6,12-13,15,24H2,1H3/b9-8+,10-4+/t16-,18?,19-,20+,23-/m0/s1. The van der Waals surface area contributed by atoms with Crippen LogP contribution in [0.25, 0.3) is 0 Å². The number of carbonyl (C=O) groups is 2. The van der Waals surface area contributed by atoms with Gasteiger partial charge in [-0.1, -0.05) is 18.2 Å². The first-order valence-electron chi connectivity index (χ1n) is 10.6. The Bertz CT molecular complexity index is 815. The molecule has 168 valence electrons. The summed E-state index contributed by atoms with van der Waals surface area (Å²) in [5, 5.41) is 10.3. The van der Waals surface area contributed by atoms with Gasteiger partial charge in [0.15, 0.2) is 0 Å². The molecule has 1 aromatic heterocycles. The minimum absolute atomic E-state index is 0.0935. The second-order valence-corrected chi connectivity index (χ2v) is 9.46. The molecule has 1 aromatic rings. The van der Waals surface area contributed by atoms with Gasteiger partial charge in [-0.25, -0.2) is 9.59 Å². The van der Waals surface area contributed by atoms with Crippen LogP contribution in [0.4, 0.5) is 4.79 Å². The number of aromatic nitrogens is 1. The number of cyclic esters (lactones) is 1. The normalized spacial score (nSPS) is 33.7. The third kappa shape index (κ3) is 6.92. The zero-order valence-corrected chi connectivity index (χ0v) is 18.5. The van der Waals surface area contributed by atoms with Gasteiger partial charge in [-0.15, -0.1) is 0 Å². The Morgan fingerprint density at radius 2 is 2.32 bits per heavy atom. The first kappa shape index (κ1) is 23.5. The highest BCUT2D eigenvalue weighted by Gasteiger charge is 2.46. The summed E-state index contributed by atoms with van der Waals surface area (Å²) in [7, 11) is 0. The molecule has 1 saturated carbocycles. The fourth-order valence-electron chi connectivity index (χ4n) is 4.10. The van der Waals surface area contributed by atoms with Crippen LogP contribution in [0.5, 0.6) is 0 Å². The summed E-state index contributed by atoms with van der Waals surface area (Å²) in [5.74, 6) is -0.793. The van der Waals surface area contributed by atoms with Gasteiger partial charge in [-0.2, -0.15) is 0 Å². The molecule has 1 unspecified atom stereocenters. The Hall–Kier alpha value is -2.16. The van der Waals surface area contributed by atoms with E-state index < -0.39 is 17.6 Å². The summed E-state index contributed by atoms with van der Waals surface area (Å²) in [5.41, 5.74) is 6.75. The Labute approximate surface area is 187 Å². The van der Waals surface area contributed by atoms with Crippen LogP contribution < -0.4 is 5.73 Å². The number of rotatable bonds is 3. The number of ether oxygens (including phenoxy) is 2. The number of aliphatic hydroxyl groups is 1. The summed E-state index contributed by atoms with van der Waals surface area (Å²) < 4.78 is 10.7. The molecule has 0 bridgehead atoms. The van der Waals surface area contributed by atoms with Gasteiger partial charge in [0.05, 0.1) is 12.2 Å². The molecule has 7 nitrogen and oxygen atoms in total. The summed E-state index contributed by atoms with van der Waals surface area (Å²) in [6, 6.07) is 3.63. The lowest BCUT2D eigenvalue weighted by atomic mass is 9.83. The molecule has 1 aliphatic heterocycles. The van der Waals surface area contributed by atoms with Crippen molar-refractivity contribution in [3.63, 3.8) is 0 Å². The quantitative estimate of drug-likeness (QED) is 0.536. The Balaban J connectivity index is 1.65. The van der Waals surface area contributed by atoms with Gasteiger partial charge in [0.2, 0.25) is 0 Å². The molecule has 1 fully saturated rings. The highest BCUT2D eigenvalue weighted by molar-refractivity contribution is 8.13. The van der Waals surface area contributed by atoms with Crippen molar-refractivity contribution in [1.29, 1.82) is 0 Å². The molecule has 3 rings (SSSR count). The van der Waals surface area contributed by atoms with Gasteiger partial charge in [0.1, 0.15) is 6.61 Å². The van der Waals surface area contributed by atoms with Crippen LogP contribution in [-0.4, -0.2) is 44.4 Å². The van der Waals surface area contributed by atoms with E-state index in [-0.39, 0.29) is 29.2 Å². The van der Waals surface area contributed by atoms with Crippen LogP contribution in [0.2, 0.25) is 0 Å². The van der Waals surface area contributed by atoms with Crippen molar-refractivity contribution in [1.82, 2.24) is 4.98 Å². The molecule has 0 amide bonds. The fraction of sp³-hybridized carbons (Fsp3) is 0.522. The van der Waals surface area contributed by atoms with Crippen LogP contribution in [0.3, 0.4) is 0 Å². The predicted octanol–water partition coefficient (Wildman–Crippen LogP) is 3.52. The van der Waals surface area contributed by atoms with E-state index in [1.807, 2.05) is 25.1 Å². The van der Waals surface area contributed by atoms with Crippen molar-refractivity contribution in [3.05, 3.63) is 54.4 Å². The zero-order chi connectivity index (χ0) is 22.3. The molecule has 0 radical (unpaired) electrons. The van der Waals surface area contributed by atoms with Crippen molar-refractivity contribution in [2.45, 2.75) is 68.6 Å². The molecule has 3 N–H and O–H groups in total. The van der Waals surface area contributed by atoms with Crippen molar-refractivity contribution < 1.29 is 24.2 Å². The molecule has 1 aliphatic carbocycles. The van der Waals surface area contributed by atoms with Crippen molar-refractivity contribution >= 4 is 23.0 Å². The second kappa shape index (κ2) is 10.9. The smallest absolute Gasteiger partial charge is 0.367 e. The lowest BCUT2D eigenvalue weighted by molar-refractivity contribution is -0.142. The lowest BCUT2D eigenvalue weighted by Gasteiger charge is -2.30. The van der Waals surface area contributed by atoms with E-state index in [0.29, 0.717) is 12.8 Å². The van der Waals surface area contributed by atoms with Gasteiger partial charge >= 0.3 is 11.3 Å². The van der Waals surface area contributed by atoms with Gasteiger partial charge in [-0.05, 0) is 62.9 Å². The highest BCUT2D eigenvalue weighted by Crippen LogP contribution is 2.43. The molecule has 5 atom stereocenters. The largest absolute Gasteiger partial charge is 0.460 e. The van der Waals surface area contributed by atoms with Gasteiger partial charge in [0.25, 0.3) is 0 Å². The van der Waals surface area contributed by atoms with Gasteiger partial charge < -0.3 is 20.3 Å². The molecule has 0 spiro atoms.